The summed E-state index contributed by atoms with van der Waals surface area (Å²) in [5.74, 6) is 0.774. The summed E-state index contributed by atoms with van der Waals surface area (Å²) < 4.78 is 67.2. The van der Waals surface area contributed by atoms with Gasteiger partial charge in [-0.05, 0) is 105 Å². The van der Waals surface area contributed by atoms with Gasteiger partial charge in [0.05, 0.1) is 63.0 Å². The number of carbonyl (C=O) groups is 2. The molecule has 0 radical (unpaired) electrons. The highest BCUT2D eigenvalue weighted by Gasteiger charge is 2.50. The number of terminal acetylenes is 1. The number of anilines is 1. The third-order valence-corrected chi connectivity index (χ3v) is 17.5. The molecule has 5 atom stereocenters. The Bertz CT molecular complexity index is 3890. The van der Waals surface area contributed by atoms with E-state index in [0.717, 1.165) is 35.9 Å². The van der Waals surface area contributed by atoms with Gasteiger partial charge in [-0.1, -0.05) is 25.5 Å². The Kier molecular flexibility index (Phi) is 11.6. The summed E-state index contributed by atoms with van der Waals surface area (Å²) in [5, 5.41) is 12.4. The number of nitrogens with two attached hydrogens (primary N) is 1. The van der Waals surface area contributed by atoms with Crippen LogP contribution in [0.5, 0.6) is 17.5 Å². The van der Waals surface area contributed by atoms with Crippen LogP contribution in [0.15, 0.2) is 71.7 Å². The lowest BCUT2D eigenvalue weighted by Crippen LogP contribution is -2.56. The SMILES string of the molecule is C#Cc1c(F)ccc2cc(O)cc(-c3ncc4c(N5CC6CCC(C5)N6C(=O)C(=C)COc5ccc6nc7c(c(CN)c6c5)Cn5c-7cc6c(c5=O)COC(=O)[C@]6(C)CC)nc(OC[C@@]56CCCN5C[C@H](F)C6)nc4c3F)c12. The van der Waals surface area contributed by atoms with Crippen molar-refractivity contribution < 1.29 is 42.1 Å². The molecule has 4 fully saturated rings. The zero-order valence-corrected chi connectivity index (χ0v) is 43.0. The van der Waals surface area contributed by atoms with Crippen LogP contribution < -0.4 is 25.7 Å². The summed E-state index contributed by atoms with van der Waals surface area (Å²) in [7, 11) is 0. The fourth-order valence-corrected chi connectivity index (χ4v) is 13.4. The number of piperazine rings is 1. The van der Waals surface area contributed by atoms with Gasteiger partial charge in [0.1, 0.15) is 60.3 Å². The Morgan fingerprint density at radius 2 is 1.82 bits per heavy atom. The Morgan fingerprint density at radius 1 is 1.01 bits per heavy atom. The van der Waals surface area contributed by atoms with Crippen LogP contribution >= 0.6 is 0 Å². The molecular weight excluding hydrogens is 1000 g/mol. The Balaban J connectivity index is 0.768. The molecular formula is C59H54F3N9O7. The number of rotatable bonds is 11. The van der Waals surface area contributed by atoms with Crippen molar-refractivity contribution in [3.05, 3.63) is 117 Å². The molecule has 4 aromatic heterocycles. The number of hydrogen-bond acceptors (Lipinski definition) is 14. The molecule has 6 aliphatic rings. The van der Waals surface area contributed by atoms with Crippen molar-refractivity contribution in [2.24, 2.45) is 5.73 Å². The van der Waals surface area contributed by atoms with Gasteiger partial charge in [-0.3, -0.25) is 24.3 Å². The molecule has 7 aromatic rings. The van der Waals surface area contributed by atoms with E-state index in [0.29, 0.717) is 90.3 Å². The van der Waals surface area contributed by atoms with Gasteiger partial charge >= 0.3 is 12.0 Å². The average Bonchev–Trinajstić information content (AvgIpc) is 4.33. The molecule has 398 valence electrons. The van der Waals surface area contributed by atoms with Crippen LogP contribution in [-0.2, 0) is 39.4 Å². The second kappa shape index (κ2) is 18.3. The van der Waals surface area contributed by atoms with Crippen LogP contribution in [0.3, 0.4) is 0 Å². The molecule has 16 nitrogen and oxygen atoms in total. The van der Waals surface area contributed by atoms with E-state index in [2.05, 4.69) is 27.4 Å². The Hall–Kier alpha value is -8.08. The number of esters is 1. The number of aromatic nitrogens is 5. The smallest absolute Gasteiger partial charge is 0.319 e. The summed E-state index contributed by atoms with van der Waals surface area (Å²) in [4.78, 5) is 66.4. The molecule has 1 amide bonds. The first-order chi connectivity index (χ1) is 37.6. The third-order valence-electron chi connectivity index (χ3n) is 17.5. The van der Waals surface area contributed by atoms with E-state index >= 15 is 8.78 Å². The molecule has 0 saturated carbocycles. The highest BCUT2D eigenvalue weighted by Crippen LogP contribution is 2.45. The number of cyclic esters (lactones) is 1. The number of halogens is 3. The van der Waals surface area contributed by atoms with Crippen LogP contribution in [-0.4, -0.2) is 114 Å². The second-order valence-corrected chi connectivity index (χ2v) is 21.8. The molecule has 2 unspecified atom stereocenters. The van der Waals surface area contributed by atoms with E-state index in [1.807, 2.05) is 34.9 Å². The number of hydrogen-bond donors (Lipinski definition) is 2. The monoisotopic (exact) mass is 1060 g/mol. The lowest BCUT2D eigenvalue weighted by Gasteiger charge is -2.42. The number of phenols is 1. The number of benzene rings is 3. The Morgan fingerprint density at radius 3 is 2.59 bits per heavy atom. The van der Waals surface area contributed by atoms with E-state index in [1.54, 1.807) is 17.6 Å². The zero-order valence-electron chi connectivity index (χ0n) is 43.0. The topological polar surface area (TPSA) is 191 Å². The summed E-state index contributed by atoms with van der Waals surface area (Å²) in [6.07, 6.45) is 9.94. The third kappa shape index (κ3) is 7.53. The van der Waals surface area contributed by atoms with Gasteiger partial charge in [0.25, 0.3) is 11.5 Å². The minimum Gasteiger partial charge on any atom is -0.508 e. The fraction of sp³-hybridized carbons (Fsp3) is 0.373. The van der Waals surface area contributed by atoms with E-state index in [-0.39, 0.29) is 113 Å². The molecule has 3 aromatic carbocycles. The van der Waals surface area contributed by atoms with Crippen molar-refractivity contribution in [2.75, 3.05) is 44.3 Å². The molecule has 13 rings (SSSR count). The van der Waals surface area contributed by atoms with Crippen molar-refractivity contribution >= 4 is 50.3 Å². The largest absolute Gasteiger partial charge is 0.508 e. The van der Waals surface area contributed by atoms with Gasteiger partial charge in [0.15, 0.2) is 5.82 Å². The number of carbonyl (C=O) groups excluding carboxylic acids is 2. The standard InChI is InChI=1S/C59H54F3N9O7/c1-5-37-45(61)12-8-31-16-35(72)17-39(48(31)37)51-49(62)52-41(22-64-51)53(67-57(66-52)78-29-59-14-7-15-69(59)23-32(60)20-59)68-24-33-9-10-34(25-68)71(33)54(73)30(3)27-76-36-11-13-46-38(18-36)40(21-63)42-26-70-47(50(42)65-46)19-44-43(55(70)74)28-77-56(75)58(44,4)6-2/h1,8,11-13,16-19,22,32-34,72H,3,6-7,9-10,14-15,20-21,23-29,63H2,2,4H3/t32-,33?,34?,58-,59+/m1/s1. The predicted octanol–water partition coefficient (Wildman–Crippen LogP) is 7.50. The van der Waals surface area contributed by atoms with Crippen molar-refractivity contribution in [2.45, 2.75) is 101 Å². The lowest BCUT2D eigenvalue weighted by molar-refractivity contribution is -0.153. The van der Waals surface area contributed by atoms with Gasteiger partial charge in [0, 0.05) is 66.3 Å². The summed E-state index contributed by atoms with van der Waals surface area (Å²) in [5.41, 5.74) is 9.17. The van der Waals surface area contributed by atoms with Crippen molar-refractivity contribution in [3.63, 3.8) is 0 Å². The molecule has 6 aliphatic heterocycles. The highest BCUT2D eigenvalue weighted by atomic mass is 19.1. The fourth-order valence-electron chi connectivity index (χ4n) is 13.4. The van der Waals surface area contributed by atoms with Crippen LogP contribution in [0, 0.1) is 24.0 Å². The van der Waals surface area contributed by atoms with E-state index in [1.165, 1.54) is 30.5 Å². The first-order valence-electron chi connectivity index (χ1n) is 26.4. The van der Waals surface area contributed by atoms with Crippen LogP contribution in [0.4, 0.5) is 19.0 Å². The maximum atomic E-state index is 17.4. The van der Waals surface area contributed by atoms with E-state index in [9.17, 15) is 23.9 Å². The van der Waals surface area contributed by atoms with E-state index in [4.69, 9.17) is 36.3 Å². The normalized spacial score (nSPS) is 23.1. The van der Waals surface area contributed by atoms with Crippen molar-refractivity contribution in [1.82, 2.24) is 34.3 Å². The molecule has 0 aliphatic carbocycles. The van der Waals surface area contributed by atoms with Crippen molar-refractivity contribution in [3.8, 4) is 52.5 Å². The summed E-state index contributed by atoms with van der Waals surface area (Å²) >= 11 is 0. The van der Waals surface area contributed by atoms with Gasteiger partial charge in [0.2, 0.25) is 0 Å². The molecule has 2 bridgehead atoms. The van der Waals surface area contributed by atoms with Gasteiger partial charge in [-0.2, -0.15) is 9.97 Å². The molecule has 19 heteroatoms. The number of ether oxygens (including phenoxy) is 3. The number of amides is 1. The first-order valence-corrected chi connectivity index (χ1v) is 26.4. The van der Waals surface area contributed by atoms with E-state index < -0.39 is 28.8 Å². The molecule has 78 heavy (non-hydrogen) atoms. The molecule has 0 spiro atoms. The minimum atomic E-state index is -1.01. The molecule has 10 heterocycles. The number of aromatic hydroxyl groups is 1. The zero-order chi connectivity index (χ0) is 54.1. The first kappa shape index (κ1) is 49.5. The summed E-state index contributed by atoms with van der Waals surface area (Å²) in [6.45, 7) is 9.86. The lowest BCUT2D eigenvalue weighted by atomic mass is 9.76. The average molecular weight is 1060 g/mol. The number of phenolic OH excluding ortho intramolecular Hbond substituents is 1. The highest BCUT2D eigenvalue weighted by molar-refractivity contribution is 6.03. The number of nitrogens with zero attached hydrogens (tertiary/aromatic N) is 8. The van der Waals surface area contributed by atoms with Crippen LogP contribution in [0.25, 0.3) is 55.2 Å². The van der Waals surface area contributed by atoms with Crippen molar-refractivity contribution in [1.29, 1.82) is 0 Å². The number of fused-ring (bicyclic) bond motifs is 10. The van der Waals surface area contributed by atoms with Gasteiger partial charge in [-0.15, -0.1) is 6.42 Å². The number of alkyl halides is 1. The maximum absolute atomic E-state index is 17.4. The number of pyridine rings is 3. The van der Waals surface area contributed by atoms with Crippen LogP contribution in [0.1, 0.15) is 80.2 Å². The molecule has 4 saturated heterocycles. The maximum Gasteiger partial charge on any atom is 0.319 e. The molecule has 3 N–H and O–H groups in total. The second-order valence-electron chi connectivity index (χ2n) is 21.8. The minimum absolute atomic E-state index is 0.0655. The Labute approximate surface area is 445 Å². The quantitative estimate of drug-likeness (QED) is 0.0735. The van der Waals surface area contributed by atoms with Gasteiger partial charge in [-0.25, -0.2) is 18.2 Å². The van der Waals surface area contributed by atoms with Gasteiger partial charge < -0.3 is 39.4 Å². The van der Waals surface area contributed by atoms with Crippen LogP contribution in [0.2, 0.25) is 0 Å². The summed E-state index contributed by atoms with van der Waals surface area (Å²) in [6, 6.07) is 12.0. The predicted molar refractivity (Wildman–Crippen MR) is 285 cm³/mol.